The van der Waals surface area contributed by atoms with Crippen LogP contribution in [0.4, 0.5) is 5.69 Å². The van der Waals surface area contributed by atoms with Gasteiger partial charge in [0.05, 0.1) is 24.9 Å². The topological polar surface area (TPSA) is 221 Å². The third kappa shape index (κ3) is 8.24. The summed E-state index contributed by atoms with van der Waals surface area (Å²) in [5.74, 6) is -4.67. The molecule has 14 heteroatoms. The predicted octanol–water partition coefficient (Wildman–Crippen LogP) is 1.24. The molecule has 0 bridgehead atoms. The number of carbonyl (C=O) groups excluding carboxylic acids is 3. The van der Waals surface area contributed by atoms with Crippen molar-refractivity contribution in [2.75, 3.05) is 5.32 Å². The van der Waals surface area contributed by atoms with E-state index in [1.54, 1.807) is 19.1 Å². The van der Waals surface area contributed by atoms with Gasteiger partial charge in [0, 0.05) is 30.0 Å². The zero-order valence-corrected chi connectivity index (χ0v) is 21.8. The van der Waals surface area contributed by atoms with E-state index < -0.39 is 53.4 Å². The zero-order chi connectivity index (χ0) is 29.4. The molecule has 1 amide bonds. The lowest BCUT2D eigenvalue weighted by atomic mass is 9.93. The summed E-state index contributed by atoms with van der Waals surface area (Å²) in [6.45, 7) is 3.07. The lowest BCUT2D eigenvalue weighted by Gasteiger charge is -2.15. The second-order valence-electron chi connectivity index (χ2n) is 9.17. The first-order valence-corrected chi connectivity index (χ1v) is 12.3. The van der Waals surface area contributed by atoms with Crippen molar-refractivity contribution in [1.82, 2.24) is 25.3 Å². The number of carboxylic acids is 2. The molecule has 210 valence electrons. The molecule has 0 aliphatic heterocycles. The molecule has 1 aromatic carbocycles. The highest BCUT2D eigenvalue weighted by atomic mass is 16.4. The van der Waals surface area contributed by atoms with E-state index in [4.69, 9.17) is 5.11 Å². The molecular weight excluding hydrogens is 524 g/mol. The van der Waals surface area contributed by atoms with Crippen LogP contribution >= 0.6 is 0 Å². The highest BCUT2D eigenvalue weighted by Crippen LogP contribution is 2.15. The van der Waals surface area contributed by atoms with Gasteiger partial charge in [0.25, 0.3) is 11.5 Å². The number of anilines is 1. The van der Waals surface area contributed by atoms with Crippen LogP contribution in [0, 0.1) is 12.8 Å². The number of carboxylic acid groups (broad SMARTS) is 2. The van der Waals surface area contributed by atoms with E-state index in [0.717, 1.165) is 0 Å². The SMILES string of the molecule is CC(=O)[C@H](CC(=O)O)CC(=O)CC[C@H](NC(=O)c1ccc(NCc2cnc3nc(C)[nH]c(=O)c3n2)cc1)C(=O)O. The number of aliphatic carboxylic acids is 2. The van der Waals surface area contributed by atoms with Gasteiger partial charge in [0.2, 0.25) is 0 Å². The first-order chi connectivity index (χ1) is 18.9. The molecule has 0 unspecified atom stereocenters. The lowest BCUT2D eigenvalue weighted by molar-refractivity contribution is -0.141. The zero-order valence-electron chi connectivity index (χ0n) is 21.8. The summed E-state index contributed by atoms with van der Waals surface area (Å²) in [7, 11) is 0. The Morgan fingerprint density at radius 2 is 1.73 bits per heavy atom. The number of nitrogens with one attached hydrogen (secondary N) is 3. The number of aryl methyl sites for hydroxylation is 1. The van der Waals surface area contributed by atoms with E-state index in [-0.39, 0.29) is 42.5 Å². The van der Waals surface area contributed by atoms with Gasteiger partial charge in [-0.3, -0.25) is 24.0 Å². The number of ketones is 2. The second kappa shape index (κ2) is 13.2. The number of hydrogen-bond donors (Lipinski definition) is 5. The highest BCUT2D eigenvalue weighted by Gasteiger charge is 2.25. The van der Waals surface area contributed by atoms with Crippen molar-refractivity contribution >= 4 is 46.3 Å². The van der Waals surface area contributed by atoms with Gasteiger partial charge < -0.3 is 25.8 Å². The molecule has 2 atom stereocenters. The molecule has 0 aliphatic carbocycles. The predicted molar refractivity (Wildman–Crippen MR) is 141 cm³/mol. The Morgan fingerprint density at radius 3 is 2.35 bits per heavy atom. The van der Waals surface area contributed by atoms with Gasteiger partial charge in [-0.1, -0.05) is 0 Å². The summed E-state index contributed by atoms with van der Waals surface area (Å²) in [4.78, 5) is 86.2. The quantitative estimate of drug-likeness (QED) is 0.191. The van der Waals surface area contributed by atoms with Gasteiger partial charge >= 0.3 is 11.9 Å². The maximum Gasteiger partial charge on any atom is 0.326 e. The molecule has 3 aromatic rings. The number of H-pyrrole nitrogens is 1. The molecular formula is C26H28N6O8. The summed E-state index contributed by atoms with van der Waals surface area (Å²) in [5.41, 5.74) is 1.25. The van der Waals surface area contributed by atoms with Crippen LogP contribution in [0.2, 0.25) is 0 Å². The number of hydrogen-bond acceptors (Lipinski definition) is 10. The van der Waals surface area contributed by atoms with Crippen LogP contribution < -0.4 is 16.2 Å². The Balaban J connectivity index is 1.55. The van der Waals surface area contributed by atoms with Gasteiger partial charge in [-0.15, -0.1) is 0 Å². The Kier molecular flexibility index (Phi) is 9.73. The number of fused-ring (bicyclic) bond motifs is 1. The van der Waals surface area contributed by atoms with Crippen LogP contribution in [0.5, 0.6) is 0 Å². The van der Waals surface area contributed by atoms with Gasteiger partial charge in [0.1, 0.15) is 23.4 Å². The monoisotopic (exact) mass is 552 g/mol. The number of amides is 1. The van der Waals surface area contributed by atoms with E-state index in [2.05, 4.69) is 30.6 Å². The molecule has 0 spiro atoms. The summed E-state index contributed by atoms with van der Waals surface area (Å²) in [6, 6.07) is 4.80. The number of carbonyl (C=O) groups is 5. The average molecular weight is 553 g/mol. The van der Waals surface area contributed by atoms with Gasteiger partial charge in [-0.2, -0.15) is 0 Å². The summed E-state index contributed by atoms with van der Waals surface area (Å²) < 4.78 is 0. The largest absolute Gasteiger partial charge is 0.481 e. The average Bonchev–Trinajstić information content (AvgIpc) is 2.89. The van der Waals surface area contributed by atoms with Gasteiger partial charge in [-0.25, -0.2) is 19.7 Å². The molecule has 5 N–H and O–H groups in total. The first kappa shape index (κ1) is 29.5. The van der Waals surface area contributed by atoms with Crippen LogP contribution in [-0.2, 0) is 25.7 Å². The molecule has 14 nitrogen and oxygen atoms in total. The molecule has 40 heavy (non-hydrogen) atoms. The number of benzene rings is 1. The van der Waals surface area contributed by atoms with Crippen LogP contribution in [0.3, 0.4) is 0 Å². The fourth-order valence-electron chi connectivity index (χ4n) is 3.83. The summed E-state index contributed by atoms with van der Waals surface area (Å²) in [5, 5.41) is 23.8. The normalized spacial score (nSPS) is 12.3. The van der Waals surface area contributed by atoms with Gasteiger partial charge in [-0.05, 0) is 44.5 Å². The minimum atomic E-state index is -1.36. The van der Waals surface area contributed by atoms with E-state index in [1.807, 2.05) is 0 Å². The molecule has 2 heterocycles. The number of nitrogens with zero attached hydrogens (tertiary/aromatic N) is 3. The first-order valence-electron chi connectivity index (χ1n) is 12.3. The summed E-state index contributed by atoms with van der Waals surface area (Å²) in [6.07, 6.45) is 0.225. The van der Waals surface area contributed by atoms with Crippen molar-refractivity contribution < 1.29 is 34.2 Å². The standard InChI is InChI=1S/C26H28N6O8/c1-13(33)16(10-21(35)36)9-19(34)7-8-20(26(39)40)32-24(37)15-3-5-17(6-4-15)27-11-18-12-28-23-22(31-18)25(38)30-14(2)29-23/h3-6,12,16,20,27H,7-11H2,1-2H3,(H,32,37)(H,35,36)(H,39,40)(H,28,29,30,38)/t16-,20-/m0/s1. The molecule has 0 fully saturated rings. The maximum absolute atomic E-state index is 12.6. The van der Waals surface area contributed by atoms with Crippen LogP contribution in [0.1, 0.15) is 54.5 Å². The third-order valence-corrected chi connectivity index (χ3v) is 5.99. The van der Waals surface area contributed by atoms with Gasteiger partial charge in [0.15, 0.2) is 11.2 Å². The molecule has 3 rings (SSSR count). The number of aromatic amines is 1. The third-order valence-electron chi connectivity index (χ3n) is 5.99. The Labute approximate surface area is 227 Å². The Bertz CT molecular complexity index is 1500. The second-order valence-corrected chi connectivity index (χ2v) is 9.17. The van der Waals surface area contributed by atoms with Crippen molar-refractivity contribution in [3.05, 3.63) is 57.9 Å². The number of aromatic nitrogens is 4. The minimum absolute atomic E-state index is 0.116. The van der Waals surface area contributed by atoms with Crippen molar-refractivity contribution in [1.29, 1.82) is 0 Å². The fraction of sp³-hybridized carbons (Fsp3) is 0.346. The van der Waals surface area contributed by atoms with E-state index >= 15 is 0 Å². The van der Waals surface area contributed by atoms with E-state index in [1.165, 1.54) is 25.3 Å². The van der Waals surface area contributed by atoms with Crippen LogP contribution in [-0.4, -0.2) is 65.6 Å². The molecule has 0 saturated carbocycles. The van der Waals surface area contributed by atoms with Crippen LogP contribution in [0.25, 0.3) is 11.2 Å². The number of Topliss-reactive ketones (excluding diaryl/α,β-unsaturated/α-hetero) is 2. The smallest absolute Gasteiger partial charge is 0.326 e. The molecule has 0 radical (unpaired) electrons. The molecule has 0 aliphatic rings. The van der Waals surface area contributed by atoms with E-state index in [0.29, 0.717) is 17.2 Å². The molecule has 0 saturated heterocycles. The van der Waals surface area contributed by atoms with Crippen molar-refractivity contribution in [3.8, 4) is 0 Å². The van der Waals surface area contributed by atoms with Crippen LogP contribution in [0.15, 0.2) is 35.3 Å². The van der Waals surface area contributed by atoms with Crippen molar-refractivity contribution in [2.24, 2.45) is 5.92 Å². The molecule has 2 aromatic heterocycles. The Hall–Kier alpha value is -5.01. The fourth-order valence-corrected chi connectivity index (χ4v) is 3.83. The minimum Gasteiger partial charge on any atom is -0.481 e. The maximum atomic E-state index is 12.6. The Morgan fingerprint density at radius 1 is 1.02 bits per heavy atom. The van der Waals surface area contributed by atoms with E-state index in [9.17, 15) is 33.9 Å². The van der Waals surface area contributed by atoms with Crippen molar-refractivity contribution in [2.45, 2.75) is 52.1 Å². The highest BCUT2D eigenvalue weighted by molar-refractivity contribution is 5.97. The van der Waals surface area contributed by atoms with Crippen molar-refractivity contribution in [3.63, 3.8) is 0 Å². The lowest BCUT2D eigenvalue weighted by Crippen LogP contribution is -2.41. The summed E-state index contributed by atoms with van der Waals surface area (Å²) >= 11 is 0. The number of rotatable bonds is 14.